The summed E-state index contributed by atoms with van der Waals surface area (Å²) in [5, 5.41) is 0.783. The molecular weight excluding hydrogens is 350 g/mol. The minimum absolute atomic E-state index is 0.170. The molecule has 134 valence electrons. The van der Waals surface area contributed by atoms with Crippen molar-refractivity contribution in [3.8, 4) is 0 Å². The van der Waals surface area contributed by atoms with Crippen LogP contribution in [0.15, 0.2) is 59.6 Å². The first-order chi connectivity index (χ1) is 12.3. The molecule has 0 spiro atoms. The second kappa shape index (κ2) is 6.86. The summed E-state index contributed by atoms with van der Waals surface area (Å²) in [6.07, 6.45) is 1.66. The van der Waals surface area contributed by atoms with E-state index in [9.17, 15) is 13.2 Å². The van der Waals surface area contributed by atoms with E-state index in [0.717, 1.165) is 16.5 Å². The van der Waals surface area contributed by atoms with Gasteiger partial charge in [-0.25, -0.2) is 8.42 Å². The van der Waals surface area contributed by atoms with Crippen LogP contribution in [0.3, 0.4) is 0 Å². The highest BCUT2D eigenvalue weighted by Gasteiger charge is 2.24. The van der Waals surface area contributed by atoms with Crippen LogP contribution in [0, 0.1) is 6.92 Å². The van der Waals surface area contributed by atoms with Gasteiger partial charge in [0.15, 0.2) is 0 Å². The normalized spacial score (nSPS) is 11.8. The summed E-state index contributed by atoms with van der Waals surface area (Å²) in [5.41, 5.74) is 7.78. The highest BCUT2D eigenvalue weighted by atomic mass is 32.2. The second-order valence-electron chi connectivity index (χ2n) is 6.16. The molecule has 0 bridgehead atoms. The van der Waals surface area contributed by atoms with E-state index in [1.165, 1.54) is 11.4 Å². The smallest absolute Gasteiger partial charge is 0.248 e. The maximum absolute atomic E-state index is 13.0. The minimum atomic E-state index is -3.72. The SMILES string of the molecule is Cc1cnc2c(S(=O)(=O)N(C)Cc3ccc(C(N)=O)cc3)cccc2c1. The van der Waals surface area contributed by atoms with Gasteiger partial charge in [-0.2, -0.15) is 4.31 Å². The number of hydrogen-bond donors (Lipinski definition) is 1. The van der Waals surface area contributed by atoms with Gasteiger partial charge in [0.1, 0.15) is 4.90 Å². The lowest BCUT2D eigenvalue weighted by Gasteiger charge is -2.18. The Labute approximate surface area is 152 Å². The number of rotatable bonds is 5. The zero-order valence-electron chi connectivity index (χ0n) is 14.5. The van der Waals surface area contributed by atoms with Gasteiger partial charge < -0.3 is 5.73 Å². The number of carbonyl (C=O) groups excluding carboxylic acids is 1. The Morgan fingerprint density at radius 2 is 1.85 bits per heavy atom. The van der Waals surface area contributed by atoms with Gasteiger partial charge in [-0.05, 0) is 42.3 Å². The average Bonchev–Trinajstić information content (AvgIpc) is 2.61. The fourth-order valence-corrected chi connectivity index (χ4v) is 4.06. The van der Waals surface area contributed by atoms with E-state index < -0.39 is 15.9 Å². The molecule has 6 nitrogen and oxygen atoms in total. The number of aryl methyl sites for hydroxylation is 1. The summed E-state index contributed by atoms with van der Waals surface area (Å²) in [5.74, 6) is -0.519. The summed E-state index contributed by atoms with van der Waals surface area (Å²) in [6.45, 7) is 2.08. The van der Waals surface area contributed by atoms with Crippen LogP contribution in [0.4, 0.5) is 0 Å². The molecular formula is C19H19N3O3S. The zero-order valence-corrected chi connectivity index (χ0v) is 15.3. The molecule has 0 saturated carbocycles. The van der Waals surface area contributed by atoms with Crippen molar-refractivity contribution in [1.82, 2.24) is 9.29 Å². The molecule has 0 aliphatic rings. The maximum atomic E-state index is 13.0. The molecule has 1 aromatic heterocycles. The molecule has 0 aliphatic heterocycles. The molecule has 2 N–H and O–H groups in total. The number of sulfonamides is 1. The Morgan fingerprint density at radius 1 is 1.15 bits per heavy atom. The summed E-state index contributed by atoms with van der Waals surface area (Å²) in [4.78, 5) is 15.6. The third-order valence-corrected chi connectivity index (χ3v) is 5.98. The van der Waals surface area contributed by atoms with Crippen molar-refractivity contribution in [2.45, 2.75) is 18.4 Å². The van der Waals surface area contributed by atoms with Crippen molar-refractivity contribution >= 4 is 26.8 Å². The number of aromatic nitrogens is 1. The first kappa shape index (κ1) is 18.0. The van der Waals surface area contributed by atoms with E-state index >= 15 is 0 Å². The van der Waals surface area contributed by atoms with Crippen LogP contribution in [-0.2, 0) is 16.6 Å². The third kappa shape index (κ3) is 3.44. The fourth-order valence-electron chi connectivity index (χ4n) is 2.74. The lowest BCUT2D eigenvalue weighted by Crippen LogP contribution is -2.27. The number of pyridine rings is 1. The van der Waals surface area contributed by atoms with Gasteiger partial charge in [0.25, 0.3) is 0 Å². The number of nitrogens with two attached hydrogens (primary N) is 1. The summed E-state index contributed by atoms with van der Waals surface area (Å²) >= 11 is 0. The van der Waals surface area contributed by atoms with E-state index in [1.54, 1.807) is 42.6 Å². The van der Waals surface area contributed by atoms with Gasteiger partial charge in [-0.1, -0.05) is 24.3 Å². The van der Waals surface area contributed by atoms with Crippen molar-refractivity contribution in [3.63, 3.8) is 0 Å². The zero-order chi connectivity index (χ0) is 18.9. The van der Waals surface area contributed by atoms with Crippen molar-refractivity contribution in [3.05, 3.63) is 71.4 Å². The van der Waals surface area contributed by atoms with Crippen LogP contribution >= 0.6 is 0 Å². The van der Waals surface area contributed by atoms with E-state index in [1.807, 2.05) is 19.1 Å². The molecule has 0 saturated heterocycles. The van der Waals surface area contributed by atoms with E-state index in [2.05, 4.69) is 4.98 Å². The third-order valence-electron chi connectivity index (χ3n) is 4.14. The van der Waals surface area contributed by atoms with Crippen LogP contribution in [-0.4, -0.2) is 30.7 Å². The summed E-state index contributed by atoms with van der Waals surface area (Å²) < 4.78 is 27.3. The number of primary amides is 1. The van der Waals surface area contributed by atoms with Gasteiger partial charge in [-0.3, -0.25) is 9.78 Å². The molecule has 3 rings (SSSR count). The van der Waals surface area contributed by atoms with Gasteiger partial charge in [-0.15, -0.1) is 0 Å². The Morgan fingerprint density at radius 3 is 2.50 bits per heavy atom. The largest absolute Gasteiger partial charge is 0.366 e. The van der Waals surface area contributed by atoms with E-state index in [-0.39, 0.29) is 11.4 Å². The van der Waals surface area contributed by atoms with Crippen LogP contribution < -0.4 is 5.73 Å². The molecule has 0 unspecified atom stereocenters. The summed E-state index contributed by atoms with van der Waals surface area (Å²) in [6, 6.07) is 13.6. The number of para-hydroxylation sites is 1. The monoisotopic (exact) mass is 369 g/mol. The second-order valence-corrected chi connectivity index (χ2v) is 8.18. The van der Waals surface area contributed by atoms with Gasteiger partial charge in [0.05, 0.1) is 5.52 Å². The van der Waals surface area contributed by atoms with Crippen molar-refractivity contribution < 1.29 is 13.2 Å². The molecule has 0 atom stereocenters. The standard InChI is InChI=1S/C19H19N3O3S/c1-13-10-16-4-3-5-17(18(16)21-11-13)26(24,25)22(2)12-14-6-8-15(9-7-14)19(20)23/h3-11H,12H2,1-2H3,(H2,20,23). The quantitative estimate of drug-likeness (QED) is 0.747. The number of amides is 1. The van der Waals surface area contributed by atoms with Crippen molar-refractivity contribution in [2.24, 2.45) is 5.73 Å². The first-order valence-electron chi connectivity index (χ1n) is 7.99. The Hall–Kier alpha value is -2.77. The average molecular weight is 369 g/mol. The molecule has 1 heterocycles. The Bertz CT molecular complexity index is 1080. The number of carbonyl (C=O) groups is 1. The molecule has 1 amide bonds. The highest BCUT2D eigenvalue weighted by Crippen LogP contribution is 2.25. The van der Waals surface area contributed by atoms with Crippen molar-refractivity contribution in [1.29, 1.82) is 0 Å². The Balaban J connectivity index is 1.93. The van der Waals surface area contributed by atoms with Gasteiger partial charge >= 0.3 is 0 Å². The van der Waals surface area contributed by atoms with E-state index in [4.69, 9.17) is 5.73 Å². The Kier molecular flexibility index (Phi) is 4.76. The van der Waals surface area contributed by atoms with Gasteiger partial charge in [0.2, 0.25) is 15.9 Å². The molecule has 0 aliphatic carbocycles. The summed E-state index contributed by atoms with van der Waals surface area (Å²) in [7, 11) is -2.21. The molecule has 26 heavy (non-hydrogen) atoms. The van der Waals surface area contributed by atoms with Crippen LogP contribution in [0.2, 0.25) is 0 Å². The van der Waals surface area contributed by atoms with Crippen LogP contribution in [0.25, 0.3) is 10.9 Å². The molecule has 3 aromatic rings. The predicted octanol–water partition coefficient (Wildman–Crippen LogP) is 2.46. The van der Waals surface area contributed by atoms with E-state index in [0.29, 0.717) is 11.1 Å². The lowest BCUT2D eigenvalue weighted by atomic mass is 10.1. The fraction of sp³-hybridized carbons (Fsp3) is 0.158. The number of fused-ring (bicyclic) bond motifs is 1. The molecule has 0 fully saturated rings. The number of nitrogens with zero attached hydrogens (tertiary/aromatic N) is 2. The molecule has 0 radical (unpaired) electrons. The number of benzene rings is 2. The number of hydrogen-bond acceptors (Lipinski definition) is 4. The minimum Gasteiger partial charge on any atom is -0.366 e. The first-order valence-corrected chi connectivity index (χ1v) is 9.43. The van der Waals surface area contributed by atoms with Crippen molar-refractivity contribution in [2.75, 3.05) is 7.05 Å². The maximum Gasteiger partial charge on any atom is 0.248 e. The molecule has 7 heteroatoms. The van der Waals surface area contributed by atoms with Crippen LogP contribution in [0.1, 0.15) is 21.5 Å². The predicted molar refractivity (Wildman–Crippen MR) is 100 cm³/mol. The highest BCUT2D eigenvalue weighted by molar-refractivity contribution is 7.89. The topological polar surface area (TPSA) is 93.4 Å². The molecule has 2 aromatic carbocycles. The van der Waals surface area contributed by atoms with Crippen LogP contribution in [0.5, 0.6) is 0 Å². The van der Waals surface area contributed by atoms with Gasteiger partial charge in [0, 0.05) is 30.7 Å². The lowest BCUT2D eigenvalue weighted by molar-refractivity contribution is 0.1000.